The minimum Gasteiger partial charge on any atom is -1.00 e. The third-order valence-corrected chi connectivity index (χ3v) is 12.5. The van der Waals surface area contributed by atoms with Crippen molar-refractivity contribution in [2.45, 2.75) is 22.9 Å². The summed E-state index contributed by atoms with van der Waals surface area (Å²) in [6, 6.07) is 49.4. The second-order valence-electron chi connectivity index (χ2n) is 9.09. The fraction of sp³-hybridized carbons (Fsp3) is 0.0909. The van der Waals surface area contributed by atoms with Crippen LogP contribution in [0.5, 0.6) is 0 Å². The summed E-state index contributed by atoms with van der Waals surface area (Å²) in [5.41, 5.74) is 4.01. The van der Waals surface area contributed by atoms with Crippen LogP contribution in [-0.2, 0) is 6.16 Å². The normalized spacial score (nSPS) is 12.3. The van der Waals surface area contributed by atoms with Crippen molar-refractivity contribution in [2.24, 2.45) is 0 Å². The summed E-state index contributed by atoms with van der Waals surface area (Å²) in [7, 11) is -1.92. The monoisotopic (exact) mass is 629 g/mol. The smallest absolute Gasteiger partial charge is 0.116 e. The van der Waals surface area contributed by atoms with Crippen molar-refractivity contribution in [1.29, 1.82) is 0 Å². The van der Waals surface area contributed by atoms with Gasteiger partial charge in [-0.3, -0.25) is 0 Å². The first-order chi connectivity index (χ1) is 17.8. The molecule has 0 aromatic heterocycles. The van der Waals surface area contributed by atoms with Crippen LogP contribution in [0.1, 0.15) is 12.5 Å². The summed E-state index contributed by atoms with van der Waals surface area (Å²) in [5.74, 6) is 0. The molecular weight excluding hydrogens is 600 g/mol. The Labute approximate surface area is 242 Å². The first kappa shape index (κ1) is 26.0. The van der Waals surface area contributed by atoms with Crippen LogP contribution >= 0.6 is 19.0 Å². The van der Waals surface area contributed by atoms with E-state index in [1.807, 2.05) is 11.8 Å². The fourth-order valence-electron chi connectivity index (χ4n) is 5.36. The molecule has 0 N–H and O–H groups in total. The topological polar surface area (TPSA) is 3.24 Å². The molecule has 0 atom stereocenters. The van der Waals surface area contributed by atoms with Crippen LogP contribution < -0.4 is 44.8 Å². The molecule has 5 aromatic carbocycles. The Morgan fingerprint density at radius 2 is 1.05 bits per heavy atom. The van der Waals surface area contributed by atoms with Crippen LogP contribution in [0, 0.1) is 0 Å². The van der Waals surface area contributed by atoms with E-state index in [0.29, 0.717) is 0 Å². The molecule has 0 unspecified atom stereocenters. The molecule has 4 heteroatoms. The van der Waals surface area contributed by atoms with E-state index in [1.165, 1.54) is 42.6 Å². The van der Waals surface area contributed by atoms with Gasteiger partial charge in [-0.1, -0.05) is 84.6 Å². The minimum atomic E-state index is -1.92. The van der Waals surface area contributed by atoms with Crippen molar-refractivity contribution in [3.8, 4) is 0 Å². The lowest BCUT2D eigenvalue weighted by Crippen LogP contribution is -3.00. The molecular formula is C33H29INPS. The van der Waals surface area contributed by atoms with E-state index < -0.39 is 7.26 Å². The standard InChI is InChI=1S/C33H29NPS.HI/c1-2-34-30-20-12-13-21-32(30)36-33-24-26(22-23-31(33)34)25-35(27-14-6-3-7-15-27,28-16-8-4-9-17-28)29-18-10-5-11-19-29;/h3-24H,2,25H2,1H3;1H/q+1;/p-1. The van der Waals surface area contributed by atoms with Crippen molar-refractivity contribution in [2.75, 3.05) is 11.4 Å². The summed E-state index contributed by atoms with van der Waals surface area (Å²) in [6.07, 6.45) is 0.993. The highest BCUT2D eigenvalue weighted by atomic mass is 127. The summed E-state index contributed by atoms with van der Waals surface area (Å²) in [6.45, 7) is 3.19. The van der Waals surface area contributed by atoms with Crippen molar-refractivity contribution in [3.05, 3.63) is 139 Å². The van der Waals surface area contributed by atoms with Crippen molar-refractivity contribution in [1.82, 2.24) is 0 Å². The maximum Gasteiger partial charge on any atom is 0.116 e. The number of benzene rings is 5. The van der Waals surface area contributed by atoms with Crippen molar-refractivity contribution < 1.29 is 24.0 Å². The lowest BCUT2D eigenvalue weighted by molar-refractivity contribution is -0.00000692. The van der Waals surface area contributed by atoms with E-state index >= 15 is 0 Å². The Bertz CT molecular complexity index is 1380. The molecule has 0 saturated carbocycles. The minimum absolute atomic E-state index is 0. The maximum atomic E-state index is 2.45. The van der Waals surface area contributed by atoms with Gasteiger partial charge >= 0.3 is 0 Å². The molecule has 0 amide bonds. The van der Waals surface area contributed by atoms with Gasteiger partial charge in [-0.15, -0.1) is 0 Å². The van der Waals surface area contributed by atoms with E-state index in [1.54, 1.807) is 0 Å². The lowest BCUT2D eigenvalue weighted by atomic mass is 10.2. The van der Waals surface area contributed by atoms with Gasteiger partial charge in [0.15, 0.2) is 0 Å². The number of hydrogen-bond acceptors (Lipinski definition) is 2. The first-order valence-corrected chi connectivity index (χ1v) is 15.3. The predicted octanol–water partition coefficient (Wildman–Crippen LogP) is 4.81. The van der Waals surface area contributed by atoms with Crippen LogP contribution in [0.3, 0.4) is 0 Å². The Kier molecular flexibility index (Phi) is 8.04. The van der Waals surface area contributed by atoms with Crippen LogP contribution in [0.2, 0.25) is 0 Å². The molecule has 1 aliphatic heterocycles. The Morgan fingerprint density at radius 3 is 1.59 bits per heavy atom. The van der Waals surface area contributed by atoms with Crippen molar-refractivity contribution in [3.63, 3.8) is 0 Å². The number of rotatable bonds is 6. The molecule has 1 nitrogen and oxygen atoms in total. The molecule has 0 radical (unpaired) electrons. The zero-order chi connectivity index (χ0) is 24.4. The van der Waals surface area contributed by atoms with Gasteiger partial charge in [0.2, 0.25) is 0 Å². The van der Waals surface area contributed by atoms with Gasteiger partial charge < -0.3 is 28.9 Å². The highest BCUT2D eigenvalue weighted by Gasteiger charge is 2.45. The molecule has 5 aromatic rings. The third-order valence-electron chi connectivity index (χ3n) is 7.02. The van der Waals surface area contributed by atoms with Crippen molar-refractivity contribution >= 4 is 46.3 Å². The number of nitrogens with zero attached hydrogens (tertiary/aromatic N) is 1. The highest BCUT2D eigenvalue weighted by molar-refractivity contribution is 7.99. The molecule has 0 fully saturated rings. The predicted molar refractivity (Wildman–Crippen MR) is 159 cm³/mol. The van der Waals surface area contributed by atoms with Gasteiger partial charge in [-0.2, -0.15) is 0 Å². The van der Waals surface area contributed by atoms with Crippen LogP contribution in [0.15, 0.2) is 143 Å². The average molecular weight is 630 g/mol. The molecule has 0 bridgehead atoms. The van der Waals surface area contributed by atoms with Gasteiger partial charge in [-0.05, 0) is 73.2 Å². The zero-order valence-corrected chi connectivity index (χ0v) is 24.7. The largest absolute Gasteiger partial charge is 1.00 e. The summed E-state index contributed by atoms with van der Waals surface area (Å²) in [5, 5.41) is 4.27. The molecule has 1 heterocycles. The Morgan fingerprint density at radius 1 is 0.568 bits per heavy atom. The molecule has 0 saturated heterocycles. The van der Waals surface area contributed by atoms with E-state index in [0.717, 1.165) is 12.7 Å². The molecule has 37 heavy (non-hydrogen) atoms. The molecule has 0 aliphatic carbocycles. The van der Waals surface area contributed by atoms with Crippen LogP contribution in [0.25, 0.3) is 0 Å². The summed E-state index contributed by atoms with van der Waals surface area (Å²) in [4.78, 5) is 5.12. The maximum absolute atomic E-state index is 2.45. The van der Waals surface area contributed by atoms with Gasteiger partial charge in [0.25, 0.3) is 0 Å². The zero-order valence-electron chi connectivity index (χ0n) is 20.8. The first-order valence-electron chi connectivity index (χ1n) is 12.5. The number of anilines is 2. The summed E-state index contributed by atoms with van der Waals surface area (Å²) >= 11 is 1.90. The summed E-state index contributed by atoms with van der Waals surface area (Å²) < 4.78 is 0. The molecule has 184 valence electrons. The quantitative estimate of drug-likeness (QED) is 0.196. The van der Waals surface area contributed by atoms with Gasteiger partial charge in [-0.25, -0.2) is 0 Å². The number of fused-ring (bicyclic) bond motifs is 2. The highest BCUT2D eigenvalue weighted by Crippen LogP contribution is 2.59. The second-order valence-corrected chi connectivity index (χ2v) is 13.7. The third kappa shape index (κ3) is 4.85. The number of hydrogen-bond donors (Lipinski definition) is 0. The lowest BCUT2D eigenvalue weighted by Gasteiger charge is -2.33. The van der Waals surface area contributed by atoms with E-state index in [4.69, 9.17) is 0 Å². The number of para-hydroxylation sites is 1. The Balaban J connectivity index is 0.00000280. The van der Waals surface area contributed by atoms with Crippen LogP contribution in [-0.4, -0.2) is 6.54 Å². The molecule has 1 aliphatic rings. The van der Waals surface area contributed by atoms with Gasteiger partial charge in [0, 0.05) is 16.3 Å². The van der Waals surface area contributed by atoms with Crippen LogP contribution in [0.4, 0.5) is 11.4 Å². The fourth-order valence-corrected chi connectivity index (χ4v) is 10.7. The second kappa shape index (κ2) is 11.4. The average Bonchev–Trinajstić information content (AvgIpc) is 2.96. The molecule has 6 rings (SSSR count). The Hall–Kier alpha value is -2.59. The SMILES string of the molecule is CCN1c2ccccc2Sc2cc(C[P+](c3ccccc3)(c3ccccc3)c3ccccc3)ccc21.[I-]. The molecule has 0 spiro atoms. The van der Waals surface area contributed by atoms with Gasteiger partial charge in [0.05, 0.1) is 17.5 Å². The van der Waals surface area contributed by atoms with E-state index in [2.05, 4.69) is 145 Å². The number of halogens is 1. The van der Waals surface area contributed by atoms with Gasteiger partial charge in [0.1, 0.15) is 23.2 Å². The van der Waals surface area contributed by atoms with E-state index in [9.17, 15) is 0 Å². The van der Waals surface area contributed by atoms with E-state index in [-0.39, 0.29) is 24.0 Å².